The fourth-order valence-electron chi connectivity index (χ4n) is 2.20. The van der Waals surface area contributed by atoms with E-state index in [1.165, 1.54) is 0 Å². The van der Waals surface area contributed by atoms with Gasteiger partial charge in [0.1, 0.15) is 16.5 Å². The molecule has 0 saturated carbocycles. The van der Waals surface area contributed by atoms with E-state index in [-0.39, 0.29) is 0 Å². The Bertz CT molecular complexity index is 945. The minimum absolute atomic E-state index is 0.526. The number of rotatable bonds is 4. The molecule has 0 aromatic carbocycles. The monoisotopic (exact) mass is 323 g/mol. The third-order valence-corrected chi connectivity index (χ3v) is 4.10. The number of aryl methyl sites for hydroxylation is 1. The molecule has 0 aliphatic rings. The van der Waals surface area contributed by atoms with Crippen molar-refractivity contribution in [2.75, 3.05) is 5.32 Å². The fourth-order valence-corrected chi connectivity index (χ4v) is 2.98. The molecule has 0 atom stereocenters. The molecular weight excluding hydrogens is 310 g/mol. The Hall–Kier alpha value is -2.87. The second kappa shape index (κ2) is 5.73. The van der Waals surface area contributed by atoms with Crippen molar-refractivity contribution in [3.8, 4) is 5.95 Å². The molecule has 4 aromatic heterocycles. The van der Waals surface area contributed by atoms with Crippen LogP contribution in [0.15, 0.2) is 42.3 Å². The molecule has 4 rings (SSSR count). The number of hydrogen-bond acceptors (Lipinski definition) is 7. The van der Waals surface area contributed by atoms with E-state index in [1.807, 2.05) is 24.6 Å². The number of hydrogen-bond donors (Lipinski definition) is 1. The van der Waals surface area contributed by atoms with Crippen LogP contribution in [0.2, 0.25) is 0 Å². The lowest BCUT2D eigenvalue weighted by Crippen LogP contribution is -2.00. The Morgan fingerprint density at radius 2 is 2.09 bits per heavy atom. The maximum absolute atomic E-state index is 4.59. The molecule has 0 unspecified atom stereocenters. The van der Waals surface area contributed by atoms with Gasteiger partial charge in [-0.2, -0.15) is 5.10 Å². The summed E-state index contributed by atoms with van der Waals surface area (Å²) in [6.07, 6.45) is 7.72. The summed E-state index contributed by atoms with van der Waals surface area (Å²) in [4.78, 5) is 18.5. The average molecular weight is 323 g/mol. The lowest BCUT2D eigenvalue weighted by Gasteiger charge is -2.06. The summed E-state index contributed by atoms with van der Waals surface area (Å²) in [7, 11) is 0. The summed E-state index contributed by atoms with van der Waals surface area (Å²) in [5, 5.41) is 10.6. The number of anilines is 2. The van der Waals surface area contributed by atoms with Crippen molar-refractivity contribution in [3.05, 3.63) is 48.1 Å². The second-order valence-electron chi connectivity index (χ2n) is 4.83. The van der Waals surface area contributed by atoms with Crippen LogP contribution in [0.1, 0.15) is 12.7 Å². The van der Waals surface area contributed by atoms with Crippen molar-refractivity contribution < 1.29 is 0 Å². The molecule has 23 heavy (non-hydrogen) atoms. The Morgan fingerprint density at radius 1 is 1.22 bits per heavy atom. The number of nitrogens with zero attached hydrogens (tertiary/aromatic N) is 6. The van der Waals surface area contributed by atoms with E-state index in [1.54, 1.807) is 40.7 Å². The zero-order valence-corrected chi connectivity index (χ0v) is 13.2. The van der Waals surface area contributed by atoms with Gasteiger partial charge in [0.05, 0.1) is 23.5 Å². The highest BCUT2D eigenvalue weighted by atomic mass is 32.1. The Balaban J connectivity index is 1.69. The van der Waals surface area contributed by atoms with Crippen LogP contribution < -0.4 is 5.32 Å². The summed E-state index contributed by atoms with van der Waals surface area (Å²) >= 11 is 1.61. The molecule has 0 aliphatic carbocycles. The number of fused-ring (bicyclic) bond motifs is 1. The molecule has 7 nitrogen and oxygen atoms in total. The Labute approximate surface area is 136 Å². The Morgan fingerprint density at radius 3 is 2.91 bits per heavy atom. The van der Waals surface area contributed by atoms with Gasteiger partial charge in [0.25, 0.3) is 0 Å². The topological polar surface area (TPSA) is 81.4 Å². The maximum Gasteiger partial charge on any atom is 0.250 e. The molecule has 8 heteroatoms. The second-order valence-corrected chi connectivity index (χ2v) is 5.72. The van der Waals surface area contributed by atoms with Gasteiger partial charge in [-0.1, -0.05) is 6.92 Å². The van der Waals surface area contributed by atoms with Gasteiger partial charge < -0.3 is 5.32 Å². The van der Waals surface area contributed by atoms with Gasteiger partial charge in [-0.3, -0.25) is 0 Å². The molecule has 4 aromatic rings. The first-order valence-corrected chi connectivity index (χ1v) is 8.04. The third kappa shape index (κ3) is 2.64. The number of thiophene rings is 1. The molecule has 0 radical (unpaired) electrons. The van der Waals surface area contributed by atoms with Gasteiger partial charge in [-0.05, 0) is 17.5 Å². The van der Waals surface area contributed by atoms with Crippen molar-refractivity contribution in [2.45, 2.75) is 13.3 Å². The predicted molar refractivity (Wildman–Crippen MR) is 89.2 cm³/mol. The van der Waals surface area contributed by atoms with Crippen LogP contribution in [-0.2, 0) is 6.42 Å². The fraction of sp³-hybridized carbons (Fsp3) is 0.133. The molecule has 0 bridgehead atoms. The molecule has 4 heterocycles. The summed E-state index contributed by atoms with van der Waals surface area (Å²) in [6.45, 7) is 2.04. The SMILES string of the molecule is CCc1nc(Nc2cnn(-c3ncccn3)c2)c2ccsc2n1. The molecule has 114 valence electrons. The van der Waals surface area contributed by atoms with E-state index in [2.05, 4.69) is 30.4 Å². The summed E-state index contributed by atoms with van der Waals surface area (Å²) in [5.74, 6) is 2.14. The molecule has 0 saturated heterocycles. The maximum atomic E-state index is 4.59. The van der Waals surface area contributed by atoms with Crippen molar-refractivity contribution in [3.63, 3.8) is 0 Å². The number of nitrogens with one attached hydrogen (secondary N) is 1. The highest BCUT2D eigenvalue weighted by Crippen LogP contribution is 2.27. The van der Waals surface area contributed by atoms with Gasteiger partial charge in [0.2, 0.25) is 5.95 Å². The van der Waals surface area contributed by atoms with E-state index in [4.69, 9.17) is 0 Å². The van der Waals surface area contributed by atoms with Crippen LogP contribution in [0.3, 0.4) is 0 Å². The molecule has 1 N–H and O–H groups in total. The van der Waals surface area contributed by atoms with Crippen molar-refractivity contribution in [1.82, 2.24) is 29.7 Å². The predicted octanol–water partition coefficient (Wildman–Crippen LogP) is 2.97. The first-order valence-electron chi connectivity index (χ1n) is 7.16. The zero-order chi connectivity index (χ0) is 15.6. The van der Waals surface area contributed by atoms with E-state index in [0.29, 0.717) is 5.95 Å². The number of aromatic nitrogens is 6. The average Bonchev–Trinajstić information content (AvgIpc) is 3.24. The van der Waals surface area contributed by atoms with Crippen LogP contribution in [-0.4, -0.2) is 29.7 Å². The van der Waals surface area contributed by atoms with Crippen molar-refractivity contribution in [1.29, 1.82) is 0 Å². The van der Waals surface area contributed by atoms with E-state index in [9.17, 15) is 0 Å². The van der Waals surface area contributed by atoms with Gasteiger partial charge in [-0.25, -0.2) is 24.6 Å². The lowest BCUT2D eigenvalue weighted by atomic mass is 10.3. The molecule has 0 aliphatic heterocycles. The van der Waals surface area contributed by atoms with E-state index < -0.39 is 0 Å². The van der Waals surface area contributed by atoms with Crippen LogP contribution >= 0.6 is 11.3 Å². The molecular formula is C15H13N7S. The summed E-state index contributed by atoms with van der Waals surface area (Å²) in [6, 6.07) is 3.79. The van der Waals surface area contributed by atoms with Gasteiger partial charge >= 0.3 is 0 Å². The minimum atomic E-state index is 0.526. The third-order valence-electron chi connectivity index (χ3n) is 3.29. The van der Waals surface area contributed by atoms with Gasteiger partial charge in [0, 0.05) is 18.8 Å². The van der Waals surface area contributed by atoms with Crippen LogP contribution in [0.5, 0.6) is 0 Å². The van der Waals surface area contributed by atoms with Crippen molar-refractivity contribution in [2.24, 2.45) is 0 Å². The largest absolute Gasteiger partial charge is 0.337 e. The summed E-state index contributed by atoms with van der Waals surface area (Å²) in [5.41, 5.74) is 0.825. The smallest absolute Gasteiger partial charge is 0.250 e. The highest BCUT2D eigenvalue weighted by Gasteiger charge is 2.10. The van der Waals surface area contributed by atoms with Crippen LogP contribution in [0.4, 0.5) is 11.5 Å². The van der Waals surface area contributed by atoms with Crippen LogP contribution in [0.25, 0.3) is 16.2 Å². The minimum Gasteiger partial charge on any atom is -0.337 e. The van der Waals surface area contributed by atoms with Gasteiger partial charge in [0.15, 0.2) is 0 Å². The highest BCUT2D eigenvalue weighted by molar-refractivity contribution is 7.16. The quantitative estimate of drug-likeness (QED) is 0.622. The van der Waals surface area contributed by atoms with E-state index >= 15 is 0 Å². The normalized spacial score (nSPS) is 11.0. The molecule has 0 amide bonds. The van der Waals surface area contributed by atoms with Crippen LogP contribution in [0, 0.1) is 0 Å². The zero-order valence-electron chi connectivity index (χ0n) is 12.3. The first kappa shape index (κ1) is 13.8. The molecule has 0 fully saturated rings. The van der Waals surface area contributed by atoms with E-state index in [0.717, 1.165) is 34.0 Å². The summed E-state index contributed by atoms with van der Waals surface area (Å²) < 4.78 is 1.62. The standard InChI is InChI=1S/C15H13N7S/c1-2-12-20-13(11-4-7-23-14(11)21-12)19-10-8-18-22(9-10)15-16-5-3-6-17-15/h3-9H,2H2,1H3,(H,19,20,21). The molecule has 0 spiro atoms. The Kier molecular flexibility index (Phi) is 3.43. The first-order chi connectivity index (χ1) is 11.3. The van der Waals surface area contributed by atoms with Crippen molar-refractivity contribution >= 4 is 33.1 Å². The van der Waals surface area contributed by atoms with Gasteiger partial charge in [-0.15, -0.1) is 11.3 Å². The lowest BCUT2D eigenvalue weighted by molar-refractivity contribution is 0.808.